The minimum Gasteiger partial charge on any atom is -0.459 e. The molecule has 0 bridgehead atoms. The van der Waals surface area contributed by atoms with Crippen LogP contribution in [0, 0.1) is 0 Å². The third-order valence-corrected chi connectivity index (χ3v) is 8.13. The van der Waals surface area contributed by atoms with Gasteiger partial charge in [-0.3, -0.25) is 0 Å². The summed E-state index contributed by atoms with van der Waals surface area (Å²) in [5.41, 5.74) is 3.38. The van der Waals surface area contributed by atoms with Crippen molar-refractivity contribution >= 4 is 16.7 Å². The Hall–Kier alpha value is -4.37. The third-order valence-electron chi connectivity index (χ3n) is 8.13. The number of fused-ring (bicyclic) bond motifs is 1. The van der Waals surface area contributed by atoms with Crippen molar-refractivity contribution < 1.29 is 33.6 Å². The summed E-state index contributed by atoms with van der Waals surface area (Å²) in [6.07, 6.45) is -3.48. The summed E-state index contributed by atoms with van der Waals surface area (Å²) in [5, 5.41) is 12.5. The molecule has 1 heterocycles. The number of ether oxygens (including phenoxy) is 5. The van der Waals surface area contributed by atoms with Gasteiger partial charge in [-0.05, 0) is 39.6 Å². The standard InChI is InChI=1S/C39H38O7/c40-23-34-36(42-24-28-12-4-1-5-13-28)38(44-26-30-16-8-3-9-17-30)37(43-25-29-14-6-2-7-15-29)35(46-34)27-45-39(41)33-21-20-31-18-10-11-19-32(31)22-33/h1-22,34-38,40H,23-27H2. The lowest BCUT2D eigenvalue weighted by Crippen LogP contribution is -2.62. The Morgan fingerprint density at radius 2 is 1.04 bits per heavy atom. The Balaban J connectivity index is 1.26. The zero-order valence-electron chi connectivity index (χ0n) is 25.5. The molecule has 0 radical (unpaired) electrons. The van der Waals surface area contributed by atoms with Crippen LogP contribution in [0.15, 0.2) is 133 Å². The molecule has 0 aromatic heterocycles. The summed E-state index contributed by atoms with van der Waals surface area (Å²) in [5.74, 6) is -0.471. The SMILES string of the molecule is O=C(OCC1OC(CO)C(OCc2ccccc2)C(OCc2ccccc2)C1OCc1ccccc1)c1ccc2ccccc2c1. The van der Waals surface area contributed by atoms with Crippen LogP contribution in [-0.2, 0) is 43.5 Å². The van der Waals surface area contributed by atoms with Crippen molar-refractivity contribution in [2.45, 2.75) is 50.3 Å². The maximum absolute atomic E-state index is 13.3. The van der Waals surface area contributed by atoms with Gasteiger partial charge in [0.2, 0.25) is 0 Å². The Kier molecular flexibility index (Phi) is 10.8. The molecule has 5 aromatic rings. The predicted octanol–water partition coefficient (Wildman–Crippen LogP) is 6.51. The van der Waals surface area contributed by atoms with E-state index in [0.717, 1.165) is 27.5 Å². The molecule has 7 nitrogen and oxygen atoms in total. The molecular formula is C39H38O7. The van der Waals surface area contributed by atoms with Crippen molar-refractivity contribution in [3.63, 3.8) is 0 Å². The highest BCUT2D eigenvalue weighted by Crippen LogP contribution is 2.31. The van der Waals surface area contributed by atoms with Crippen molar-refractivity contribution in [1.82, 2.24) is 0 Å². The number of hydrogen-bond donors (Lipinski definition) is 1. The van der Waals surface area contributed by atoms with E-state index in [1.54, 1.807) is 6.07 Å². The zero-order valence-corrected chi connectivity index (χ0v) is 25.5. The fourth-order valence-electron chi connectivity index (χ4n) is 5.72. The van der Waals surface area contributed by atoms with Crippen molar-refractivity contribution in [2.75, 3.05) is 13.2 Å². The molecule has 0 spiro atoms. The van der Waals surface area contributed by atoms with Gasteiger partial charge in [-0.1, -0.05) is 121 Å². The Labute approximate surface area is 269 Å². The molecule has 0 amide bonds. The topological polar surface area (TPSA) is 83.5 Å². The fourth-order valence-corrected chi connectivity index (χ4v) is 5.72. The minimum absolute atomic E-state index is 0.0990. The molecule has 1 saturated heterocycles. The number of hydrogen-bond acceptors (Lipinski definition) is 7. The van der Waals surface area contributed by atoms with Crippen molar-refractivity contribution in [3.8, 4) is 0 Å². The normalized spacial score (nSPS) is 21.2. The highest BCUT2D eigenvalue weighted by atomic mass is 16.6. The molecule has 236 valence electrons. The summed E-state index contributed by atoms with van der Waals surface area (Å²) in [7, 11) is 0. The van der Waals surface area contributed by atoms with Gasteiger partial charge in [0, 0.05) is 0 Å². The smallest absolute Gasteiger partial charge is 0.338 e. The minimum atomic E-state index is -0.745. The highest BCUT2D eigenvalue weighted by Gasteiger charge is 2.48. The van der Waals surface area contributed by atoms with Gasteiger partial charge in [-0.2, -0.15) is 0 Å². The summed E-state index contributed by atoms with van der Waals surface area (Å²) in [6.45, 7) is 0.459. The average molecular weight is 619 g/mol. The number of carbonyl (C=O) groups is 1. The van der Waals surface area contributed by atoms with Crippen LogP contribution in [-0.4, -0.2) is 54.8 Å². The van der Waals surface area contributed by atoms with E-state index >= 15 is 0 Å². The van der Waals surface area contributed by atoms with Crippen molar-refractivity contribution in [2.24, 2.45) is 0 Å². The van der Waals surface area contributed by atoms with E-state index in [9.17, 15) is 9.90 Å². The van der Waals surface area contributed by atoms with Crippen LogP contribution >= 0.6 is 0 Å². The van der Waals surface area contributed by atoms with Gasteiger partial charge < -0.3 is 28.8 Å². The van der Waals surface area contributed by atoms with Crippen molar-refractivity contribution in [1.29, 1.82) is 0 Å². The lowest BCUT2D eigenvalue weighted by atomic mass is 9.94. The summed E-state index contributed by atoms with van der Waals surface area (Å²) in [4.78, 5) is 13.3. The molecule has 5 unspecified atom stereocenters. The Morgan fingerprint density at radius 1 is 0.565 bits per heavy atom. The number of esters is 1. The van der Waals surface area contributed by atoms with Crippen LogP contribution in [0.5, 0.6) is 0 Å². The lowest BCUT2D eigenvalue weighted by Gasteiger charge is -2.45. The summed E-state index contributed by atoms with van der Waals surface area (Å²) in [6, 6.07) is 42.8. The van der Waals surface area contributed by atoms with Gasteiger partial charge >= 0.3 is 5.97 Å². The van der Waals surface area contributed by atoms with Gasteiger partial charge in [0.1, 0.15) is 37.1 Å². The lowest BCUT2D eigenvalue weighted by molar-refractivity contribution is -0.274. The first-order valence-corrected chi connectivity index (χ1v) is 15.6. The fraction of sp³-hybridized carbons (Fsp3) is 0.256. The number of rotatable bonds is 13. The van der Waals surface area contributed by atoms with Crippen molar-refractivity contribution in [3.05, 3.63) is 156 Å². The molecule has 7 heteroatoms. The third kappa shape index (κ3) is 8.07. The molecule has 1 aliphatic rings. The van der Waals surface area contributed by atoms with Crippen LogP contribution < -0.4 is 0 Å². The van der Waals surface area contributed by atoms with Gasteiger partial charge in [0.15, 0.2) is 0 Å². The van der Waals surface area contributed by atoms with E-state index in [-0.39, 0.29) is 19.8 Å². The van der Waals surface area contributed by atoms with Crippen LogP contribution in [0.1, 0.15) is 27.0 Å². The molecule has 0 saturated carbocycles. The van der Waals surface area contributed by atoms with E-state index in [4.69, 9.17) is 23.7 Å². The highest BCUT2D eigenvalue weighted by molar-refractivity contribution is 5.95. The monoisotopic (exact) mass is 618 g/mol. The molecule has 6 rings (SSSR count). The molecule has 1 aliphatic heterocycles. The first-order valence-electron chi connectivity index (χ1n) is 15.6. The molecule has 5 atom stereocenters. The van der Waals surface area contributed by atoms with E-state index in [2.05, 4.69) is 0 Å². The van der Waals surface area contributed by atoms with E-state index < -0.39 is 36.5 Å². The first-order chi connectivity index (χ1) is 22.7. The number of benzene rings is 5. The van der Waals surface area contributed by atoms with Gasteiger partial charge in [-0.25, -0.2) is 4.79 Å². The zero-order chi connectivity index (χ0) is 31.6. The Bertz CT molecular complexity index is 1660. The molecule has 5 aromatic carbocycles. The van der Waals surface area contributed by atoms with E-state index in [1.165, 1.54) is 0 Å². The summed E-state index contributed by atoms with van der Waals surface area (Å²) >= 11 is 0. The Morgan fingerprint density at radius 3 is 1.59 bits per heavy atom. The van der Waals surface area contributed by atoms with Gasteiger partial charge in [0.25, 0.3) is 0 Å². The maximum atomic E-state index is 13.3. The predicted molar refractivity (Wildman–Crippen MR) is 175 cm³/mol. The number of aliphatic hydroxyl groups excluding tert-OH is 1. The second kappa shape index (κ2) is 15.8. The van der Waals surface area contributed by atoms with E-state index in [1.807, 2.05) is 127 Å². The number of carbonyl (C=O) groups excluding carboxylic acids is 1. The van der Waals surface area contributed by atoms with Crippen LogP contribution in [0.3, 0.4) is 0 Å². The van der Waals surface area contributed by atoms with Crippen LogP contribution in [0.25, 0.3) is 10.8 Å². The van der Waals surface area contributed by atoms with Gasteiger partial charge in [-0.15, -0.1) is 0 Å². The molecule has 1 fully saturated rings. The molecular weight excluding hydrogens is 580 g/mol. The molecule has 46 heavy (non-hydrogen) atoms. The largest absolute Gasteiger partial charge is 0.459 e. The van der Waals surface area contributed by atoms with Gasteiger partial charge in [0.05, 0.1) is 32.0 Å². The number of aliphatic hydroxyl groups is 1. The van der Waals surface area contributed by atoms with Crippen LogP contribution in [0.2, 0.25) is 0 Å². The summed E-state index contributed by atoms with van der Waals surface area (Å²) < 4.78 is 31.8. The second-order valence-electron chi connectivity index (χ2n) is 11.3. The molecule has 0 aliphatic carbocycles. The van der Waals surface area contributed by atoms with E-state index in [0.29, 0.717) is 18.8 Å². The quantitative estimate of drug-likeness (QED) is 0.151. The maximum Gasteiger partial charge on any atom is 0.338 e. The second-order valence-corrected chi connectivity index (χ2v) is 11.3. The van der Waals surface area contributed by atoms with Crippen LogP contribution in [0.4, 0.5) is 0 Å². The molecule has 1 N–H and O–H groups in total. The first kappa shape index (κ1) is 31.6. The average Bonchev–Trinajstić information content (AvgIpc) is 3.12.